The summed E-state index contributed by atoms with van der Waals surface area (Å²) in [5, 5.41) is 0. The van der Waals surface area contributed by atoms with E-state index in [1.54, 1.807) is 18.2 Å². The molecule has 0 atom stereocenters. The summed E-state index contributed by atoms with van der Waals surface area (Å²) < 4.78 is 10.4. The third-order valence-corrected chi connectivity index (χ3v) is 3.15. The maximum atomic E-state index is 11.8. The van der Waals surface area contributed by atoms with Crippen LogP contribution in [0.3, 0.4) is 0 Å². The number of hydrogen-bond donors (Lipinski definition) is 0. The van der Waals surface area contributed by atoms with E-state index >= 15 is 0 Å². The van der Waals surface area contributed by atoms with Crippen molar-refractivity contribution in [3.63, 3.8) is 0 Å². The van der Waals surface area contributed by atoms with E-state index in [1.807, 2.05) is 6.92 Å². The number of imide groups is 1. The van der Waals surface area contributed by atoms with E-state index in [2.05, 4.69) is 0 Å². The zero-order valence-electron chi connectivity index (χ0n) is 12.0. The Balaban J connectivity index is 2.31. The van der Waals surface area contributed by atoms with Gasteiger partial charge in [0.05, 0.1) is 13.2 Å². The maximum absolute atomic E-state index is 11.8. The highest BCUT2D eigenvalue weighted by Crippen LogP contribution is 2.23. The Morgan fingerprint density at radius 2 is 1.95 bits per heavy atom. The van der Waals surface area contributed by atoms with E-state index in [0.29, 0.717) is 23.5 Å². The van der Waals surface area contributed by atoms with Gasteiger partial charge < -0.3 is 9.47 Å². The monoisotopic (exact) mass is 291 g/mol. The molecule has 2 rings (SSSR count). The van der Waals surface area contributed by atoms with Crippen molar-refractivity contribution in [3.05, 3.63) is 29.3 Å². The molecule has 112 valence electrons. The van der Waals surface area contributed by atoms with Crippen molar-refractivity contribution >= 4 is 17.6 Å². The standard InChI is InChI=1S/C15H17NO5/c1-3-21-13-5-4-11(10(2)17)6-12(13)7-16-14(18)8-20-9-15(16)19/h4-6H,3,7-9H2,1-2H3. The predicted octanol–water partition coefficient (Wildman–Crippen LogP) is 1.17. The lowest BCUT2D eigenvalue weighted by atomic mass is 10.1. The Morgan fingerprint density at radius 1 is 1.29 bits per heavy atom. The Morgan fingerprint density at radius 3 is 2.52 bits per heavy atom. The zero-order chi connectivity index (χ0) is 15.4. The Kier molecular flexibility index (Phi) is 4.70. The van der Waals surface area contributed by atoms with Crippen molar-refractivity contribution in [1.82, 2.24) is 4.90 Å². The topological polar surface area (TPSA) is 72.9 Å². The number of carbonyl (C=O) groups excluding carboxylic acids is 3. The smallest absolute Gasteiger partial charge is 0.255 e. The first-order chi connectivity index (χ1) is 10.0. The summed E-state index contributed by atoms with van der Waals surface area (Å²) in [6.45, 7) is 3.62. The largest absolute Gasteiger partial charge is 0.494 e. The van der Waals surface area contributed by atoms with Gasteiger partial charge in [0.1, 0.15) is 19.0 Å². The van der Waals surface area contributed by atoms with Crippen molar-refractivity contribution < 1.29 is 23.9 Å². The van der Waals surface area contributed by atoms with E-state index in [-0.39, 0.29) is 37.4 Å². The average molecular weight is 291 g/mol. The van der Waals surface area contributed by atoms with Gasteiger partial charge in [0.25, 0.3) is 11.8 Å². The van der Waals surface area contributed by atoms with Crippen LogP contribution in [0.2, 0.25) is 0 Å². The summed E-state index contributed by atoms with van der Waals surface area (Å²) in [7, 11) is 0. The molecular weight excluding hydrogens is 274 g/mol. The molecule has 1 aromatic carbocycles. The molecule has 0 spiro atoms. The highest BCUT2D eigenvalue weighted by molar-refractivity contribution is 5.98. The van der Waals surface area contributed by atoms with Crippen LogP contribution < -0.4 is 4.74 Å². The third kappa shape index (κ3) is 3.46. The van der Waals surface area contributed by atoms with E-state index in [4.69, 9.17) is 9.47 Å². The fraction of sp³-hybridized carbons (Fsp3) is 0.400. The molecule has 0 aliphatic carbocycles. The molecule has 1 fully saturated rings. The lowest BCUT2D eigenvalue weighted by Gasteiger charge is -2.25. The van der Waals surface area contributed by atoms with E-state index in [1.165, 1.54) is 6.92 Å². The summed E-state index contributed by atoms with van der Waals surface area (Å²) in [6, 6.07) is 5.01. The Labute approximate surface area is 122 Å². The second kappa shape index (κ2) is 6.49. The van der Waals surface area contributed by atoms with Crippen molar-refractivity contribution in [1.29, 1.82) is 0 Å². The van der Waals surface area contributed by atoms with Gasteiger partial charge in [0.15, 0.2) is 5.78 Å². The molecule has 1 heterocycles. The molecule has 6 heteroatoms. The average Bonchev–Trinajstić information content (AvgIpc) is 2.44. The number of Topliss-reactive ketones (excluding diaryl/α,β-unsaturated/α-hetero) is 1. The number of amides is 2. The number of hydrogen-bond acceptors (Lipinski definition) is 5. The molecule has 0 bridgehead atoms. The molecule has 21 heavy (non-hydrogen) atoms. The minimum Gasteiger partial charge on any atom is -0.494 e. The quantitative estimate of drug-likeness (QED) is 0.601. The van der Waals surface area contributed by atoms with Gasteiger partial charge in [-0.3, -0.25) is 19.3 Å². The highest BCUT2D eigenvalue weighted by Gasteiger charge is 2.27. The van der Waals surface area contributed by atoms with Crippen LogP contribution in [0, 0.1) is 0 Å². The number of ether oxygens (including phenoxy) is 2. The molecule has 0 saturated carbocycles. The lowest BCUT2D eigenvalue weighted by Crippen LogP contribution is -2.45. The lowest BCUT2D eigenvalue weighted by molar-refractivity contribution is -0.159. The summed E-state index contributed by atoms with van der Waals surface area (Å²) in [4.78, 5) is 36.1. The second-order valence-electron chi connectivity index (χ2n) is 4.68. The fourth-order valence-electron chi connectivity index (χ4n) is 2.09. The minimum atomic E-state index is -0.387. The van der Waals surface area contributed by atoms with Crippen LogP contribution in [-0.4, -0.2) is 42.3 Å². The van der Waals surface area contributed by atoms with E-state index < -0.39 is 0 Å². The van der Waals surface area contributed by atoms with Crippen LogP contribution in [0.1, 0.15) is 29.8 Å². The molecule has 0 unspecified atom stereocenters. The molecule has 0 radical (unpaired) electrons. The molecule has 1 aliphatic heterocycles. The molecule has 6 nitrogen and oxygen atoms in total. The van der Waals surface area contributed by atoms with Crippen LogP contribution in [0.25, 0.3) is 0 Å². The Hall–Kier alpha value is -2.21. The normalized spacial score (nSPS) is 15.2. The highest BCUT2D eigenvalue weighted by atomic mass is 16.5. The molecular formula is C15H17NO5. The van der Waals surface area contributed by atoms with Gasteiger partial charge >= 0.3 is 0 Å². The molecule has 1 saturated heterocycles. The third-order valence-electron chi connectivity index (χ3n) is 3.15. The van der Waals surface area contributed by atoms with Crippen molar-refractivity contribution in [2.75, 3.05) is 19.8 Å². The minimum absolute atomic E-state index is 0.0808. The molecule has 2 amide bonds. The van der Waals surface area contributed by atoms with Crippen LogP contribution >= 0.6 is 0 Å². The van der Waals surface area contributed by atoms with E-state index in [0.717, 1.165) is 4.90 Å². The Bertz CT molecular complexity index is 565. The summed E-state index contributed by atoms with van der Waals surface area (Å²) in [5.41, 5.74) is 1.15. The first-order valence-electron chi connectivity index (χ1n) is 6.70. The SMILES string of the molecule is CCOc1ccc(C(C)=O)cc1CN1C(=O)COCC1=O. The number of morpholine rings is 1. The second-order valence-corrected chi connectivity index (χ2v) is 4.68. The van der Waals surface area contributed by atoms with Crippen molar-refractivity contribution in [2.45, 2.75) is 20.4 Å². The van der Waals surface area contributed by atoms with Gasteiger partial charge in [-0.1, -0.05) is 0 Å². The number of nitrogens with zero attached hydrogens (tertiary/aromatic N) is 1. The number of ketones is 1. The zero-order valence-corrected chi connectivity index (χ0v) is 12.0. The first kappa shape index (κ1) is 15.2. The van der Waals surface area contributed by atoms with Crippen LogP contribution in [0.15, 0.2) is 18.2 Å². The summed E-state index contributed by atoms with van der Waals surface area (Å²) in [5.74, 6) is -0.294. The van der Waals surface area contributed by atoms with Crippen molar-refractivity contribution in [3.8, 4) is 5.75 Å². The van der Waals surface area contributed by atoms with Gasteiger partial charge in [0, 0.05) is 11.1 Å². The number of benzene rings is 1. The molecule has 1 aromatic rings. The van der Waals surface area contributed by atoms with Crippen molar-refractivity contribution in [2.24, 2.45) is 0 Å². The van der Waals surface area contributed by atoms with Gasteiger partial charge in [-0.2, -0.15) is 0 Å². The van der Waals surface area contributed by atoms with Crippen LogP contribution in [0.5, 0.6) is 5.75 Å². The van der Waals surface area contributed by atoms with Gasteiger partial charge in [0.2, 0.25) is 0 Å². The molecule has 1 aliphatic rings. The van der Waals surface area contributed by atoms with Crippen LogP contribution in [-0.2, 0) is 20.9 Å². The maximum Gasteiger partial charge on any atom is 0.255 e. The van der Waals surface area contributed by atoms with Gasteiger partial charge in [-0.25, -0.2) is 0 Å². The number of rotatable bonds is 5. The predicted molar refractivity (Wildman–Crippen MR) is 74.0 cm³/mol. The number of carbonyl (C=O) groups is 3. The first-order valence-corrected chi connectivity index (χ1v) is 6.70. The summed E-state index contributed by atoms with van der Waals surface area (Å²) in [6.07, 6.45) is 0. The van der Waals surface area contributed by atoms with Crippen LogP contribution in [0.4, 0.5) is 0 Å². The van der Waals surface area contributed by atoms with Gasteiger partial charge in [-0.15, -0.1) is 0 Å². The molecule has 0 N–H and O–H groups in total. The fourth-order valence-corrected chi connectivity index (χ4v) is 2.09. The van der Waals surface area contributed by atoms with E-state index in [9.17, 15) is 14.4 Å². The summed E-state index contributed by atoms with van der Waals surface area (Å²) >= 11 is 0. The van der Waals surface area contributed by atoms with Gasteiger partial charge in [-0.05, 0) is 32.0 Å². The molecule has 0 aromatic heterocycles.